The molecule has 5 heteroatoms. The van der Waals surface area contributed by atoms with Crippen molar-refractivity contribution in [3.8, 4) is 5.75 Å². The van der Waals surface area contributed by atoms with E-state index in [0.29, 0.717) is 24.6 Å². The van der Waals surface area contributed by atoms with E-state index in [0.717, 1.165) is 0 Å². The Morgan fingerprint density at radius 2 is 2.19 bits per heavy atom. The van der Waals surface area contributed by atoms with Gasteiger partial charge in [-0.1, -0.05) is 0 Å². The number of rotatable bonds is 6. The minimum atomic E-state index is -1.09. The van der Waals surface area contributed by atoms with Crippen LogP contribution in [0.4, 0.5) is 0 Å². The third-order valence-corrected chi connectivity index (χ3v) is 2.42. The molecule has 0 fully saturated rings. The molecule has 92 valence electrons. The average molecular weight is 228 g/mol. The molecule has 1 heterocycles. The van der Waals surface area contributed by atoms with Gasteiger partial charge < -0.3 is 14.6 Å². The molecule has 16 heavy (non-hydrogen) atoms. The molecule has 0 saturated carbocycles. The Hall–Kier alpha value is -1.07. The Labute approximate surface area is 96.0 Å². The summed E-state index contributed by atoms with van der Waals surface area (Å²) < 4.78 is 12.2. The van der Waals surface area contributed by atoms with Gasteiger partial charge in [-0.15, -0.1) is 0 Å². The fourth-order valence-corrected chi connectivity index (χ4v) is 1.67. The third-order valence-electron chi connectivity index (χ3n) is 2.42. The van der Waals surface area contributed by atoms with E-state index in [2.05, 4.69) is 5.10 Å². The molecule has 0 aliphatic rings. The summed E-state index contributed by atoms with van der Waals surface area (Å²) in [5, 5.41) is 14.5. The van der Waals surface area contributed by atoms with Gasteiger partial charge >= 0.3 is 0 Å². The Kier molecular flexibility index (Phi) is 4.32. The molecule has 1 aromatic rings. The van der Waals surface area contributed by atoms with Gasteiger partial charge in [0.2, 0.25) is 0 Å². The molecule has 1 N–H and O–H groups in total. The van der Waals surface area contributed by atoms with Crippen LogP contribution in [0.5, 0.6) is 5.75 Å². The van der Waals surface area contributed by atoms with Crippen molar-refractivity contribution in [3.05, 3.63) is 11.9 Å². The van der Waals surface area contributed by atoms with Crippen molar-refractivity contribution in [2.45, 2.75) is 32.9 Å². The Morgan fingerprint density at radius 1 is 1.50 bits per heavy atom. The van der Waals surface area contributed by atoms with Gasteiger partial charge in [0.1, 0.15) is 11.3 Å². The molecule has 0 radical (unpaired) electrons. The van der Waals surface area contributed by atoms with Crippen LogP contribution in [0.2, 0.25) is 0 Å². The number of ether oxygens (including phenoxy) is 2. The highest BCUT2D eigenvalue weighted by Gasteiger charge is 2.31. The maximum atomic E-state index is 10.4. The number of hydrogen-bond donors (Lipinski definition) is 1. The summed E-state index contributed by atoms with van der Waals surface area (Å²) in [4.78, 5) is 0. The molecule has 0 amide bonds. The van der Waals surface area contributed by atoms with Gasteiger partial charge in [0.05, 0.1) is 19.9 Å². The molecule has 0 spiro atoms. The van der Waals surface area contributed by atoms with E-state index in [-0.39, 0.29) is 6.61 Å². The largest absolute Gasteiger partial charge is 0.493 e. The van der Waals surface area contributed by atoms with E-state index < -0.39 is 5.60 Å². The summed E-state index contributed by atoms with van der Waals surface area (Å²) in [6.07, 6.45) is 1.61. The van der Waals surface area contributed by atoms with E-state index in [1.54, 1.807) is 24.9 Å². The summed E-state index contributed by atoms with van der Waals surface area (Å²) in [7, 11) is 1.57. The lowest BCUT2D eigenvalue weighted by Crippen LogP contribution is -2.31. The topological polar surface area (TPSA) is 56.5 Å². The molecule has 0 aromatic carbocycles. The number of hydrogen-bond acceptors (Lipinski definition) is 4. The van der Waals surface area contributed by atoms with Crippen LogP contribution >= 0.6 is 0 Å². The van der Waals surface area contributed by atoms with Crippen molar-refractivity contribution >= 4 is 0 Å². The second-order valence-corrected chi connectivity index (χ2v) is 3.79. The smallest absolute Gasteiger partial charge is 0.163 e. The van der Waals surface area contributed by atoms with Crippen LogP contribution in [0.1, 0.15) is 26.5 Å². The van der Waals surface area contributed by atoms with Crippen LogP contribution in [-0.2, 0) is 16.9 Å². The first-order chi connectivity index (χ1) is 7.56. The van der Waals surface area contributed by atoms with Gasteiger partial charge in [0, 0.05) is 13.2 Å². The zero-order valence-electron chi connectivity index (χ0n) is 10.4. The van der Waals surface area contributed by atoms with Crippen molar-refractivity contribution in [2.24, 2.45) is 0 Å². The van der Waals surface area contributed by atoms with Crippen LogP contribution in [0.15, 0.2) is 6.20 Å². The summed E-state index contributed by atoms with van der Waals surface area (Å²) in [6, 6.07) is 0. The van der Waals surface area contributed by atoms with Crippen LogP contribution in [-0.4, -0.2) is 35.2 Å². The highest BCUT2D eigenvalue weighted by Crippen LogP contribution is 2.29. The van der Waals surface area contributed by atoms with E-state index in [1.165, 1.54) is 0 Å². The molecule has 0 aliphatic carbocycles. The zero-order valence-corrected chi connectivity index (χ0v) is 10.4. The molecule has 0 bridgehead atoms. The van der Waals surface area contributed by atoms with Gasteiger partial charge in [0.15, 0.2) is 5.75 Å². The minimum absolute atomic E-state index is 0.228. The standard InChI is InChI=1S/C11H20N2O3/c1-5-13-10(9(15-4)7-12-13)11(3,14)8-16-6-2/h7,14H,5-6,8H2,1-4H3. The SMILES string of the molecule is CCOCC(C)(O)c1c(OC)cnn1CC. The van der Waals surface area contributed by atoms with Crippen molar-refractivity contribution in [1.29, 1.82) is 0 Å². The molecule has 0 aliphatic heterocycles. The van der Waals surface area contributed by atoms with E-state index >= 15 is 0 Å². The fourth-order valence-electron chi connectivity index (χ4n) is 1.67. The minimum Gasteiger partial charge on any atom is -0.493 e. The predicted molar refractivity (Wildman–Crippen MR) is 60.5 cm³/mol. The molecular formula is C11H20N2O3. The van der Waals surface area contributed by atoms with Crippen molar-refractivity contribution in [2.75, 3.05) is 20.3 Å². The Balaban J connectivity index is 3.03. The fraction of sp³-hybridized carbons (Fsp3) is 0.727. The van der Waals surface area contributed by atoms with Crippen LogP contribution in [0, 0.1) is 0 Å². The molecule has 1 rings (SSSR count). The second kappa shape index (κ2) is 5.32. The number of aryl methyl sites for hydroxylation is 1. The van der Waals surface area contributed by atoms with Gasteiger partial charge in [-0.05, 0) is 20.8 Å². The summed E-state index contributed by atoms with van der Waals surface area (Å²) in [6.45, 7) is 7.04. The number of aliphatic hydroxyl groups is 1. The number of methoxy groups -OCH3 is 1. The number of nitrogens with zero attached hydrogens (tertiary/aromatic N) is 2. The van der Waals surface area contributed by atoms with Crippen LogP contribution in [0.3, 0.4) is 0 Å². The van der Waals surface area contributed by atoms with Gasteiger partial charge in [-0.25, -0.2) is 0 Å². The van der Waals surface area contributed by atoms with Crippen molar-refractivity contribution in [1.82, 2.24) is 9.78 Å². The van der Waals surface area contributed by atoms with E-state index in [4.69, 9.17) is 9.47 Å². The Morgan fingerprint density at radius 3 is 2.69 bits per heavy atom. The van der Waals surface area contributed by atoms with E-state index in [9.17, 15) is 5.11 Å². The van der Waals surface area contributed by atoms with Crippen molar-refractivity contribution in [3.63, 3.8) is 0 Å². The maximum Gasteiger partial charge on any atom is 0.163 e. The monoisotopic (exact) mass is 228 g/mol. The summed E-state index contributed by atoms with van der Waals surface area (Å²) >= 11 is 0. The molecule has 1 unspecified atom stereocenters. The lowest BCUT2D eigenvalue weighted by atomic mass is 10.0. The van der Waals surface area contributed by atoms with Gasteiger partial charge in [-0.2, -0.15) is 5.10 Å². The maximum absolute atomic E-state index is 10.4. The van der Waals surface area contributed by atoms with Crippen LogP contribution < -0.4 is 4.74 Å². The first-order valence-electron chi connectivity index (χ1n) is 5.47. The van der Waals surface area contributed by atoms with E-state index in [1.807, 2.05) is 13.8 Å². The van der Waals surface area contributed by atoms with Crippen molar-refractivity contribution < 1.29 is 14.6 Å². The quantitative estimate of drug-likeness (QED) is 0.793. The highest BCUT2D eigenvalue weighted by atomic mass is 16.5. The molecule has 1 aromatic heterocycles. The average Bonchev–Trinajstić information content (AvgIpc) is 2.70. The predicted octanol–water partition coefficient (Wildman–Crippen LogP) is 1.16. The Bertz CT molecular complexity index is 312. The highest BCUT2D eigenvalue weighted by molar-refractivity contribution is 5.30. The summed E-state index contributed by atoms with van der Waals surface area (Å²) in [5.74, 6) is 0.589. The second-order valence-electron chi connectivity index (χ2n) is 3.79. The molecule has 1 atom stereocenters. The molecular weight excluding hydrogens is 208 g/mol. The molecule has 0 saturated heterocycles. The lowest BCUT2D eigenvalue weighted by molar-refractivity contribution is -0.0412. The third kappa shape index (κ3) is 2.54. The van der Waals surface area contributed by atoms with Gasteiger partial charge in [-0.3, -0.25) is 4.68 Å². The first-order valence-corrected chi connectivity index (χ1v) is 5.47. The zero-order chi connectivity index (χ0) is 12.2. The van der Waals surface area contributed by atoms with Gasteiger partial charge in [0.25, 0.3) is 0 Å². The number of aromatic nitrogens is 2. The lowest BCUT2D eigenvalue weighted by Gasteiger charge is -2.24. The normalized spacial score (nSPS) is 14.8. The summed E-state index contributed by atoms with van der Waals surface area (Å²) in [5.41, 5.74) is -0.431. The van der Waals surface area contributed by atoms with Crippen LogP contribution in [0.25, 0.3) is 0 Å². The first kappa shape index (κ1) is 13.0. The molecule has 5 nitrogen and oxygen atoms in total.